The fourth-order valence-corrected chi connectivity index (χ4v) is 6.04. The summed E-state index contributed by atoms with van der Waals surface area (Å²) in [7, 11) is -2.55. The van der Waals surface area contributed by atoms with Crippen LogP contribution in [0.4, 0.5) is 5.69 Å². The summed E-state index contributed by atoms with van der Waals surface area (Å²) >= 11 is 0. The summed E-state index contributed by atoms with van der Waals surface area (Å²) in [5.74, 6) is -0.141. The highest BCUT2D eigenvalue weighted by atomic mass is 32.2. The molecule has 0 bridgehead atoms. The molecule has 0 heterocycles. The quantitative estimate of drug-likeness (QED) is 0.299. The second-order valence-corrected chi connectivity index (χ2v) is 12.1. The predicted octanol–water partition coefficient (Wildman–Crippen LogP) is 5.23. The van der Waals surface area contributed by atoms with Crippen LogP contribution in [-0.2, 0) is 26.2 Å². The van der Waals surface area contributed by atoms with E-state index in [1.165, 1.54) is 17.0 Å². The van der Waals surface area contributed by atoms with Crippen LogP contribution in [0, 0.1) is 13.8 Å². The number of hydrogen-bond acceptors (Lipinski definition) is 5. The summed E-state index contributed by atoms with van der Waals surface area (Å²) in [5.41, 5.74) is 2.75. The molecule has 3 aromatic rings. The molecule has 0 saturated heterocycles. The molecule has 2 atom stereocenters. The van der Waals surface area contributed by atoms with E-state index >= 15 is 0 Å². The second kappa shape index (κ2) is 14.2. The van der Waals surface area contributed by atoms with Crippen molar-refractivity contribution < 1.29 is 22.7 Å². The Balaban J connectivity index is 2.10. The van der Waals surface area contributed by atoms with Crippen LogP contribution >= 0.6 is 0 Å². The Labute approximate surface area is 244 Å². The van der Waals surface area contributed by atoms with Crippen molar-refractivity contribution in [1.29, 1.82) is 0 Å². The minimum absolute atomic E-state index is 0.0739. The van der Waals surface area contributed by atoms with E-state index in [4.69, 9.17) is 4.74 Å². The molecule has 2 amide bonds. The number of amides is 2. The molecule has 0 unspecified atom stereocenters. The maximum Gasteiger partial charge on any atom is 0.264 e. The molecule has 0 aliphatic rings. The topological polar surface area (TPSA) is 96.0 Å². The third-order valence-electron chi connectivity index (χ3n) is 7.12. The van der Waals surface area contributed by atoms with Crippen molar-refractivity contribution in [1.82, 2.24) is 10.2 Å². The molecule has 0 aliphatic heterocycles. The summed E-state index contributed by atoms with van der Waals surface area (Å²) in [6.45, 7) is 9.05. The van der Waals surface area contributed by atoms with Crippen LogP contribution in [0.15, 0.2) is 77.7 Å². The molecule has 0 aliphatic carbocycles. The van der Waals surface area contributed by atoms with Crippen molar-refractivity contribution in [2.45, 2.75) is 71.0 Å². The van der Waals surface area contributed by atoms with Crippen LogP contribution in [0.3, 0.4) is 0 Å². The average molecular weight is 580 g/mol. The first-order chi connectivity index (χ1) is 19.5. The van der Waals surface area contributed by atoms with E-state index in [9.17, 15) is 18.0 Å². The monoisotopic (exact) mass is 579 g/mol. The van der Waals surface area contributed by atoms with Crippen LogP contribution in [-0.4, -0.2) is 50.9 Å². The highest BCUT2D eigenvalue weighted by Crippen LogP contribution is 2.29. The number of aryl methyl sites for hydroxylation is 2. The van der Waals surface area contributed by atoms with Crippen LogP contribution in [0.5, 0.6) is 5.75 Å². The van der Waals surface area contributed by atoms with Gasteiger partial charge in [-0.2, -0.15) is 0 Å². The van der Waals surface area contributed by atoms with Gasteiger partial charge in [0.1, 0.15) is 18.3 Å². The van der Waals surface area contributed by atoms with Crippen LogP contribution in [0.25, 0.3) is 0 Å². The SMILES string of the molecule is CC[C@H](C(=O)N[C@@H](C)CC)N(Cc1cccc(OC)c1)C(=O)CN(c1cc(C)ccc1C)S(=O)(=O)c1ccccc1. The fraction of sp³-hybridized carbons (Fsp3) is 0.375. The Morgan fingerprint density at radius 3 is 2.27 bits per heavy atom. The normalized spacial score (nSPS) is 12.7. The Morgan fingerprint density at radius 2 is 1.63 bits per heavy atom. The van der Waals surface area contributed by atoms with Crippen molar-refractivity contribution in [3.63, 3.8) is 0 Å². The summed E-state index contributed by atoms with van der Waals surface area (Å²) in [6, 6.07) is 20.0. The summed E-state index contributed by atoms with van der Waals surface area (Å²) in [5, 5.41) is 2.99. The second-order valence-electron chi connectivity index (χ2n) is 10.2. The number of rotatable bonds is 13. The zero-order valence-corrected chi connectivity index (χ0v) is 25.6. The number of carbonyl (C=O) groups excluding carboxylic acids is 2. The van der Waals surface area contributed by atoms with Gasteiger partial charge in [0.25, 0.3) is 10.0 Å². The van der Waals surface area contributed by atoms with Gasteiger partial charge in [-0.1, -0.05) is 56.3 Å². The van der Waals surface area contributed by atoms with Gasteiger partial charge in [0.15, 0.2) is 0 Å². The summed E-state index contributed by atoms with van der Waals surface area (Å²) in [6.07, 6.45) is 1.09. The van der Waals surface area contributed by atoms with Gasteiger partial charge < -0.3 is 15.0 Å². The average Bonchev–Trinajstić information content (AvgIpc) is 2.97. The van der Waals surface area contributed by atoms with Crippen molar-refractivity contribution in [3.05, 3.63) is 89.5 Å². The number of methoxy groups -OCH3 is 1. The molecule has 9 heteroatoms. The molecule has 8 nitrogen and oxygen atoms in total. The lowest BCUT2D eigenvalue weighted by molar-refractivity contribution is -0.140. The first-order valence-electron chi connectivity index (χ1n) is 13.9. The zero-order valence-electron chi connectivity index (χ0n) is 24.8. The Bertz CT molecular complexity index is 1440. The van der Waals surface area contributed by atoms with Crippen molar-refractivity contribution in [2.24, 2.45) is 0 Å². The highest BCUT2D eigenvalue weighted by Gasteiger charge is 2.34. The molecule has 0 radical (unpaired) electrons. The number of benzene rings is 3. The molecule has 1 N–H and O–H groups in total. The smallest absolute Gasteiger partial charge is 0.264 e. The number of anilines is 1. The molecule has 0 aromatic heterocycles. The molecular weight excluding hydrogens is 538 g/mol. The van der Waals surface area contributed by atoms with E-state index in [-0.39, 0.29) is 23.4 Å². The number of sulfonamides is 1. The van der Waals surface area contributed by atoms with E-state index in [0.29, 0.717) is 23.4 Å². The first-order valence-corrected chi connectivity index (χ1v) is 15.3. The van der Waals surface area contributed by atoms with E-state index in [1.807, 2.05) is 65.0 Å². The predicted molar refractivity (Wildman–Crippen MR) is 162 cm³/mol. The lowest BCUT2D eigenvalue weighted by Crippen LogP contribution is -2.53. The molecule has 3 aromatic carbocycles. The van der Waals surface area contributed by atoms with Crippen LogP contribution in [0.1, 0.15) is 50.3 Å². The Kier molecular flexibility index (Phi) is 10.9. The minimum Gasteiger partial charge on any atom is -0.497 e. The minimum atomic E-state index is -4.12. The van der Waals surface area contributed by atoms with E-state index in [0.717, 1.165) is 21.9 Å². The highest BCUT2D eigenvalue weighted by molar-refractivity contribution is 7.92. The van der Waals surface area contributed by atoms with Crippen LogP contribution in [0.2, 0.25) is 0 Å². The molecule has 3 rings (SSSR count). The number of carbonyl (C=O) groups is 2. The van der Waals surface area contributed by atoms with Crippen molar-refractivity contribution in [2.75, 3.05) is 18.0 Å². The molecular formula is C32H41N3O5S. The summed E-state index contributed by atoms with van der Waals surface area (Å²) in [4.78, 5) is 29.2. The third-order valence-corrected chi connectivity index (χ3v) is 8.89. The van der Waals surface area contributed by atoms with Gasteiger partial charge in [-0.05, 0) is 80.6 Å². The van der Waals surface area contributed by atoms with Gasteiger partial charge in [-0.3, -0.25) is 13.9 Å². The van der Waals surface area contributed by atoms with Gasteiger partial charge in [-0.15, -0.1) is 0 Å². The van der Waals surface area contributed by atoms with Gasteiger partial charge in [0.2, 0.25) is 11.8 Å². The first kappa shape index (κ1) is 31.7. The summed E-state index contributed by atoms with van der Waals surface area (Å²) < 4.78 is 34.6. The Morgan fingerprint density at radius 1 is 0.927 bits per heavy atom. The molecule has 0 saturated carbocycles. The van der Waals surface area contributed by atoms with Gasteiger partial charge in [0, 0.05) is 12.6 Å². The van der Waals surface area contributed by atoms with Crippen LogP contribution < -0.4 is 14.4 Å². The van der Waals surface area contributed by atoms with Gasteiger partial charge in [0.05, 0.1) is 17.7 Å². The van der Waals surface area contributed by atoms with E-state index in [1.54, 1.807) is 37.4 Å². The van der Waals surface area contributed by atoms with Gasteiger partial charge in [-0.25, -0.2) is 8.42 Å². The number of hydrogen-bond donors (Lipinski definition) is 1. The third kappa shape index (κ3) is 7.88. The number of nitrogens with zero attached hydrogens (tertiary/aromatic N) is 2. The zero-order chi connectivity index (χ0) is 30.2. The standard InChI is InChI=1S/C32H41N3O5S/c1-7-25(5)33-32(37)29(8-2)34(21-26-13-12-14-27(20-26)40-6)31(36)22-35(30-19-23(3)17-18-24(30)4)41(38,39)28-15-10-9-11-16-28/h9-20,25,29H,7-8,21-22H2,1-6H3,(H,33,37)/t25-,29+/m0/s1. The van der Waals surface area contributed by atoms with E-state index < -0.39 is 28.5 Å². The molecule has 220 valence electrons. The maximum atomic E-state index is 14.2. The lowest BCUT2D eigenvalue weighted by atomic mass is 10.1. The lowest BCUT2D eigenvalue weighted by Gasteiger charge is -2.34. The van der Waals surface area contributed by atoms with E-state index in [2.05, 4.69) is 5.32 Å². The van der Waals surface area contributed by atoms with Crippen molar-refractivity contribution >= 4 is 27.5 Å². The largest absolute Gasteiger partial charge is 0.497 e. The van der Waals surface area contributed by atoms with Crippen molar-refractivity contribution in [3.8, 4) is 5.75 Å². The molecule has 41 heavy (non-hydrogen) atoms. The Hall–Kier alpha value is -3.85. The fourth-order valence-electron chi connectivity index (χ4n) is 4.55. The number of nitrogens with one attached hydrogen (secondary N) is 1. The maximum absolute atomic E-state index is 14.2. The molecule has 0 spiro atoms. The van der Waals surface area contributed by atoms with Gasteiger partial charge >= 0.3 is 0 Å². The number of ether oxygens (including phenoxy) is 1. The molecule has 0 fully saturated rings.